The zero-order chi connectivity index (χ0) is 17.2. The van der Waals surface area contributed by atoms with Crippen molar-refractivity contribution >= 4 is 17.6 Å². The van der Waals surface area contributed by atoms with E-state index in [0.717, 1.165) is 62.0 Å². The first-order valence-electron chi connectivity index (χ1n) is 8.82. The van der Waals surface area contributed by atoms with Crippen molar-refractivity contribution in [3.05, 3.63) is 41.1 Å². The molecule has 4 rings (SSSR count). The van der Waals surface area contributed by atoms with Crippen LogP contribution in [0.1, 0.15) is 36.1 Å². The molecule has 6 heteroatoms. The van der Waals surface area contributed by atoms with Gasteiger partial charge in [-0.3, -0.25) is 0 Å². The van der Waals surface area contributed by atoms with Crippen LogP contribution in [0.4, 0.5) is 11.6 Å². The molecule has 6 nitrogen and oxygen atoms in total. The maximum Gasteiger partial charge on any atom is 0.341 e. The summed E-state index contributed by atoms with van der Waals surface area (Å²) in [6, 6.07) is 8.31. The number of carboxylic acids is 1. The Labute approximate surface area is 146 Å². The van der Waals surface area contributed by atoms with Crippen LogP contribution in [0.3, 0.4) is 0 Å². The molecule has 1 aliphatic heterocycles. The van der Waals surface area contributed by atoms with Crippen LogP contribution in [-0.2, 0) is 24.1 Å². The summed E-state index contributed by atoms with van der Waals surface area (Å²) in [5.74, 6) is 0.0615. The van der Waals surface area contributed by atoms with Gasteiger partial charge in [0.15, 0.2) is 6.61 Å². The summed E-state index contributed by atoms with van der Waals surface area (Å²) < 4.78 is 5.51. The number of para-hydroxylation sites is 1. The topological polar surface area (TPSA) is 75.6 Å². The highest BCUT2D eigenvalue weighted by atomic mass is 16.5. The van der Waals surface area contributed by atoms with Crippen molar-refractivity contribution < 1.29 is 14.6 Å². The summed E-state index contributed by atoms with van der Waals surface area (Å²) in [5.41, 5.74) is 4.40. The number of hydrogen-bond acceptors (Lipinski definition) is 5. The molecule has 0 spiro atoms. The molecular weight excluding hydrogens is 318 g/mol. The molecule has 0 saturated heterocycles. The lowest BCUT2D eigenvalue weighted by atomic mass is 9.97. The molecule has 1 aromatic heterocycles. The van der Waals surface area contributed by atoms with E-state index in [1.807, 2.05) is 6.07 Å². The quantitative estimate of drug-likeness (QED) is 0.923. The minimum absolute atomic E-state index is 0.376. The molecule has 2 aromatic rings. The number of fused-ring (bicyclic) bond motifs is 2. The van der Waals surface area contributed by atoms with E-state index in [9.17, 15) is 4.79 Å². The third-order valence-electron chi connectivity index (χ3n) is 4.82. The van der Waals surface area contributed by atoms with Gasteiger partial charge in [0, 0.05) is 17.8 Å². The second-order valence-corrected chi connectivity index (χ2v) is 6.53. The molecule has 0 fully saturated rings. The summed E-state index contributed by atoms with van der Waals surface area (Å²) in [6.45, 7) is 0.480. The average Bonchev–Trinajstić information content (AvgIpc) is 2.65. The zero-order valence-electron chi connectivity index (χ0n) is 14.1. The third-order valence-corrected chi connectivity index (χ3v) is 4.82. The summed E-state index contributed by atoms with van der Waals surface area (Å²) >= 11 is 0. The Kier molecular flexibility index (Phi) is 4.26. The van der Waals surface area contributed by atoms with Gasteiger partial charge >= 0.3 is 5.97 Å². The maximum atomic E-state index is 10.9. The van der Waals surface area contributed by atoms with Crippen LogP contribution in [0.2, 0.25) is 0 Å². The Bertz CT molecular complexity index is 806. The van der Waals surface area contributed by atoms with Crippen LogP contribution < -0.4 is 9.64 Å². The molecule has 130 valence electrons. The normalized spacial score (nSPS) is 16.1. The van der Waals surface area contributed by atoms with E-state index in [4.69, 9.17) is 14.8 Å². The second kappa shape index (κ2) is 6.70. The van der Waals surface area contributed by atoms with Gasteiger partial charge in [-0.1, -0.05) is 18.2 Å². The average molecular weight is 339 g/mol. The largest absolute Gasteiger partial charge is 0.479 e. The van der Waals surface area contributed by atoms with E-state index in [2.05, 4.69) is 28.1 Å². The number of carbonyl (C=O) groups is 1. The van der Waals surface area contributed by atoms with E-state index >= 15 is 0 Å². The van der Waals surface area contributed by atoms with E-state index in [1.54, 1.807) is 0 Å². The van der Waals surface area contributed by atoms with Crippen molar-refractivity contribution in [2.45, 2.75) is 38.5 Å². The predicted octanol–water partition coefficient (Wildman–Crippen LogP) is 2.90. The van der Waals surface area contributed by atoms with E-state index in [1.165, 1.54) is 5.56 Å². The Balaban J connectivity index is 1.75. The molecule has 0 saturated carbocycles. The van der Waals surface area contributed by atoms with Crippen LogP contribution >= 0.6 is 0 Å². The Morgan fingerprint density at radius 2 is 1.96 bits per heavy atom. The zero-order valence-corrected chi connectivity index (χ0v) is 14.1. The molecule has 0 unspecified atom stereocenters. The number of rotatable bonds is 4. The number of carboxylic acid groups (broad SMARTS) is 1. The highest BCUT2D eigenvalue weighted by Crippen LogP contribution is 2.35. The van der Waals surface area contributed by atoms with Crippen LogP contribution in [0.5, 0.6) is 5.88 Å². The highest BCUT2D eigenvalue weighted by Gasteiger charge is 2.25. The van der Waals surface area contributed by atoms with E-state index in [-0.39, 0.29) is 6.61 Å². The first-order valence-corrected chi connectivity index (χ1v) is 8.82. The van der Waals surface area contributed by atoms with Gasteiger partial charge in [-0.2, -0.15) is 4.98 Å². The fourth-order valence-electron chi connectivity index (χ4n) is 3.66. The Morgan fingerprint density at radius 1 is 1.12 bits per heavy atom. The van der Waals surface area contributed by atoms with Crippen LogP contribution in [0.15, 0.2) is 24.3 Å². The van der Waals surface area contributed by atoms with Crippen molar-refractivity contribution in [2.24, 2.45) is 0 Å². The van der Waals surface area contributed by atoms with Crippen molar-refractivity contribution in [1.82, 2.24) is 9.97 Å². The number of benzene rings is 1. The lowest BCUT2D eigenvalue weighted by Crippen LogP contribution is -2.27. The van der Waals surface area contributed by atoms with E-state index in [0.29, 0.717) is 11.8 Å². The molecule has 0 radical (unpaired) electrons. The van der Waals surface area contributed by atoms with Crippen molar-refractivity contribution in [3.63, 3.8) is 0 Å². The first-order chi connectivity index (χ1) is 12.2. The van der Waals surface area contributed by atoms with Crippen LogP contribution in [-0.4, -0.2) is 34.2 Å². The second-order valence-electron chi connectivity index (χ2n) is 6.53. The first kappa shape index (κ1) is 15.9. The highest BCUT2D eigenvalue weighted by molar-refractivity contribution is 5.68. The molecule has 2 heterocycles. The van der Waals surface area contributed by atoms with Gasteiger partial charge in [-0.05, 0) is 50.2 Å². The van der Waals surface area contributed by atoms with Gasteiger partial charge in [-0.15, -0.1) is 0 Å². The van der Waals surface area contributed by atoms with Gasteiger partial charge in [0.1, 0.15) is 0 Å². The van der Waals surface area contributed by atoms with Crippen molar-refractivity contribution in [2.75, 3.05) is 18.1 Å². The number of hydrogen-bond donors (Lipinski definition) is 1. The summed E-state index contributed by atoms with van der Waals surface area (Å²) in [7, 11) is 0. The summed E-state index contributed by atoms with van der Waals surface area (Å²) in [6.07, 6.45) is 6.00. The molecule has 1 N–H and O–H groups in total. The predicted molar refractivity (Wildman–Crippen MR) is 93.6 cm³/mol. The lowest BCUT2D eigenvalue weighted by molar-refractivity contribution is -0.139. The van der Waals surface area contributed by atoms with E-state index < -0.39 is 5.97 Å². The molecule has 0 amide bonds. The smallest absolute Gasteiger partial charge is 0.341 e. The third kappa shape index (κ3) is 3.16. The van der Waals surface area contributed by atoms with Gasteiger partial charge in [0.2, 0.25) is 11.8 Å². The number of anilines is 2. The summed E-state index contributed by atoms with van der Waals surface area (Å²) in [4.78, 5) is 22.5. The minimum Gasteiger partial charge on any atom is -0.479 e. The van der Waals surface area contributed by atoms with Crippen molar-refractivity contribution in [3.8, 4) is 5.88 Å². The fourth-order valence-corrected chi connectivity index (χ4v) is 3.66. The molecule has 0 bridgehead atoms. The van der Waals surface area contributed by atoms with Crippen LogP contribution in [0, 0.1) is 0 Å². The number of aryl methyl sites for hydroxylation is 2. The molecule has 25 heavy (non-hydrogen) atoms. The van der Waals surface area contributed by atoms with Gasteiger partial charge in [0.25, 0.3) is 0 Å². The maximum absolute atomic E-state index is 10.9. The Hall–Kier alpha value is -2.63. The minimum atomic E-state index is -0.993. The number of ether oxygens (including phenoxy) is 1. The number of aromatic nitrogens is 2. The fraction of sp³-hybridized carbons (Fsp3) is 0.421. The van der Waals surface area contributed by atoms with Crippen LogP contribution in [0.25, 0.3) is 0 Å². The molecule has 1 aromatic carbocycles. The summed E-state index contributed by atoms with van der Waals surface area (Å²) in [5, 5.41) is 8.95. The SMILES string of the molecule is O=C(O)COc1nc(N2CCCc3ccccc32)nc2c1CCCC2. The molecule has 1 aliphatic carbocycles. The van der Waals surface area contributed by atoms with Gasteiger partial charge in [0.05, 0.1) is 5.69 Å². The lowest BCUT2D eigenvalue weighted by Gasteiger charge is -2.30. The van der Waals surface area contributed by atoms with Gasteiger partial charge < -0.3 is 14.7 Å². The monoisotopic (exact) mass is 339 g/mol. The number of nitrogens with zero attached hydrogens (tertiary/aromatic N) is 3. The molecular formula is C19H21N3O3. The number of aliphatic carboxylic acids is 1. The Morgan fingerprint density at radius 3 is 2.84 bits per heavy atom. The van der Waals surface area contributed by atoms with Crippen molar-refractivity contribution in [1.29, 1.82) is 0 Å². The molecule has 0 atom stereocenters. The van der Waals surface area contributed by atoms with Gasteiger partial charge in [-0.25, -0.2) is 9.78 Å². The molecule has 2 aliphatic rings. The standard InChI is InChI=1S/C19H21N3O3/c23-17(24)12-25-18-14-8-2-3-9-15(14)20-19(21-18)22-11-5-7-13-6-1-4-10-16(13)22/h1,4,6,10H,2-3,5,7-9,11-12H2,(H,23,24).